The SMILES string of the molecule is CCC(COC)N[C@H](C)C1CCCC1. The van der Waals surface area contributed by atoms with Crippen molar-refractivity contribution in [2.75, 3.05) is 13.7 Å². The summed E-state index contributed by atoms with van der Waals surface area (Å²) in [5, 5.41) is 3.68. The van der Waals surface area contributed by atoms with Crippen LogP contribution in [0.1, 0.15) is 46.0 Å². The Morgan fingerprint density at radius 1 is 1.36 bits per heavy atom. The van der Waals surface area contributed by atoms with Crippen LogP contribution in [0.15, 0.2) is 0 Å². The Balaban J connectivity index is 2.25. The van der Waals surface area contributed by atoms with Gasteiger partial charge in [-0.1, -0.05) is 19.8 Å². The maximum atomic E-state index is 5.20. The highest BCUT2D eigenvalue weighted by Gasteiger charge is 2.22. The fourth-order valence-electron chi connectivity index (χ4n) is 2.45. The van der Waals surface area contributed by atoms with Gasteiger partial charge < -0.3 is 10.1 Å². The van der Waals surface area contributed by atoms with E-state index in [0.29, 0.717) is 12.1 Å². The van der Waals surface area contributed by atoms with Gasteiger partial charge in [0.05, 0.1) is 6.61 Å². The van der Waals surface area contributed by atoms with Crippen LogP contribution < -0.4 is 5.32 Å². The van der Waals surface area contributed by atoms with Gasteiger partial charge in [0.25, 0.3) is 0 Å². The summed E-state index contributed by atoms with van der Waals surface area (Å²) < 4.78 is 5.20. The van der Waals surface area contributed by atoms with Crippen LogP contribution in [-0.4, -0.2) is 25.8 Å². The molecule has 0 heterocycles. The zero-order valence-electron chi connectivity index (χ0n) is 9.88. The van der Waals surface area contributed by atoms with E-state index in [4.69, 9.17) is 4.74 Å². The second-order valence-corrected chi connectivity index (χ2v) is 4.56. The summed E-state index contributed by atoms with van der Waals surface area (Å²) in [7, 11) is 1.78. The molecule has 0 aromatic carbocycles. The van der Waals surface area contributed by atoms with E-state index in [0.717, 1.165) is 18.9 Å². The maximum absolute atomic E-state index is 5.20. The molecule has 2 nitrogen and oxygen atoms in total. The molecule has 1 unspecified atom stereocenters. The van der Waals surface area contributed by atoms with Crippen molar-refractivity contribution in [1.29, 1.82) is 0 Å². The zero-order valence-corrected chi connectivity index (χ0v) is 9.88. The monoisotopic (exact) mass is 199 g/mol. The molecule has 0 amide bonds. The van der Waals surface area contributed by atoms with Crippen LogP contribution in [0.2, 0.25) is 0 Å². The lowest BCUT2D eigenvalue weighted by Crippen LogP contribution is -2.42. The lowest BCUT2D eigenvalue weighted by Gasteiger charge is -2.26. The second-order valence-electron chi connectivity index (χ2n) is 4.56. The Labute approximate surface area is 88.4 Å². The normalized spacial score (nSPS) is 22.5. The Kier molecular flexibility index (Phi) is 5.49. The van der Waals surface area contributed by atoms with Gasteiger partial charge in [-0.25, -0.2) is 0 Å². The quantitative estimate of drug-likeness (QED) is 0.710. The molecular weight excluding hydrogens is 174 g/mol. The van der Waals surface area contributed by atoms with Gasteiger partial charge >= 0.3 is 0 Å². The van der Waals surface area contributed by atoms with Crippen LogP contribution in [0.4, 0.5) is 0 Å². The molecular formula is C12H25NO. The van der Waals surface area contributed by atoms with Crippen molar-refractivity contribution in [3.05, 3.63) is 0 Å². The third kappa shape index (κ3) is 3.58. The minimum Gasteiger partial charge on any atom is -0.383 e. The highest BCUT2D eigenvalue weighted by atomic mass is 16.5. The van der Waals surface area contributed by atoms with Gasteiger partial charge in [0.15, 0.2) is 0 Å². The van der Waals surface area contributed by atoms with E-state index in [2.05, 4.69) is 19.2 Å². The molecule has 84 valence electrons. The number of hydrogen-bond acceptors (Lipinski definition) is 2. The van der Waals surface area contributed by atoms with E-state index in [9.17, 15) is 0 Å². The van der Waals surface area contributed by atoms with Gasteiger partial charge in [-0.3, -0.25) is 0 Å². The average molecular weight is 199 g/mol. The standard InChI is InChI=1S/C12H25NO/c1-4-12(9-14-3)13-10(2)11-7-5-6-8-11/h10-13H,4-9H2,1-3H3/t10-,12?/m1/s1. The molecule has 1 rings (SSSR count). The third-order valence-electron chi connectivity index (χ3n) is 3.47. The molecule has 2 heteroatoms. The van der Waals surface area contributed by atoms with Crippen LogP contribution in [0.25, 0.3) is 0 Å². The molecule has 0 radical (unpaired) electrons. The molecule has 0 bridgehead atoms. The summed E-state index contributed by atoms with van der Waals surface area (Å²) in [6.45, 7) is 5.39. The Morgan fingerprint density at radius 3 is 2.50 bits per heavy atom. The van der Waals surface area contributed by atoms with Crippen molar-refractivity contribution >= 4 is 0 Å². The first kappa shape index (κ1) is 12.0. The molecule has 1 aliphatic carbocycles. The highest BCUT2D eigenvalue weighted by molar-refractivity contribution is 4.80. The van der Waals surface area contributed by atoms with Gasteiger partial charge in [-0.05, 0) is 32.1 Å². The first-order valence-corrected chi connectivity index (χ1v) is 6.03. The molecule has 1 aliphatic rings. The van der Waals surface area contributed by atoms with E-state index >= 15 is 0 Å². The van der Waals surface area contributed by atoms with Gasteiger partial charge in [-0.2, -0.15) is 0 Å². The summed E-state index contributed by atoms with van der Waals surface area (Å²) in [4.78, 5) is 0. The topological polar surface area (TPSA) is 21.3 Å². The number of ether oxygens (including phenoxy) is 1. The zero-order chi connectivity index (χ0) is 10.4. The van der Waals surface area contributed by atoms with Crippen LogP contribution >= 0.6 is 0 Å². The van der Waals surface area contributed by atoms with Crippen LogP contribution in [0.5, 0.6) is 0 Å². The summed E-state index contributed by atoms with van der Waals surface area (Å²) in [6.07, 6.45) is 6.84. The molecule has 0 saturated heterocycles. The molecule has 1 saturated carbocycles. The van der Waals surface area contributed by atoms with Gasteiger partial charge in [0.2, 0.25) is 0 Å². The van der Waals surface area contributed by atoms with E-state index in [1.54, 1.807) is 7.11 Å². The molecule has 1 fully saturated rings. The lowest BCUT2D eigenvalue weighted by atomic mass is 9.99. The third-order valence-corrected chi connectivity index (χ3v) is 3.47. The number of methoxy groups -OCH3 is 1. The van der Waals surface area contributed by atoms with Crippen molar-refractivity contribution in [3.8, 4) is 0 Å². The molecule has 0 aromatic rings. The van der Waals surface area contributed by atoms with Crippen LogP contribution in [0.3, 0.4) is 0 Å². The highest BCUT2D eigenvalue weighted by Crippen LogP contribution is 2.27. The molecule has 0 aliphatic heterocycles. The number of hydrogen-bond donors (Lipinski definition) is 1. The van der Waals surface area contributed by atoms with Crippen LogP contribution in [0, 0.1) is 5.92 Å². The maximum Gasteiger partial charge on any atom is 0.0615 e. The Morgan fingerprint density at radius 2 is 2.00 bits per heavy atom. The summed E-state index contributed by atoms with van der Waals surface area (Å²) in [6, 6.07) is 1.20. The molecule has 1 N–H and O–H groups in total. The fraction of sp³-hybridized carbons (Fsp3) is 1.00. The number of nitrogens with one attached hydrogen (secondary N) is 1. The van der Waals surface area contributed by atoms with Crippen molar-refractivity contribution < 1.29 is 4.74 Å². The van der Waals surface area contributed by atoms with Crippen LogP contribution in [-0.2, 0) is 4.74 Å². The van der Waals surface area contributed by atoms with E-state index < -0.39 is 0 Å². The number of rotatable bonds is 6. The predicted molar refractivity (Wildman–Crippen MR) is 60.5 cm³/mol. The summed E-state index contributed by atoms with van der Waals surface area (Å²) >= 11 is 0. The van der Waals surface area contributed by atoms with Gasteiger partial charge in [0.1, 0.15) is 0 Å². The van der Waals surface area contributed by atoms with E-state index in [-0.39, 0.29) is 0 Å². The van der Waals surface area contributed by atoms with E-state index in [1.807, 2.05) is 0 Å². The first-order chi connectivity index (χ1) is 6.77. The molecule has 14 heavy (non-hydrogen) atoms. The molecule has 2 atom stereocenters. The second kappa shape index (κ2) is 6.41. The minimum atomic E-state index is 0.538. The van der Waals surface area contributed by atoms with Gasteiger partial charge in [0, 0.05) is 19.2 Å². The smallest absolute Gasteiger partial charge is 0.0615 e. The molecule has 0 spiro atoms. The minimum absolute atomic E-state index is 0.538. The Bertz CT molecular complexity index is 143. The lowest BCUT2D eigenvalue weighted by molar-refractivity contribution is 0.153. The van der Waals surface area contributed by atoms with Crippen molar-refractivity contribution in [2.24, 2.45) is 5.92 Å². The van der Waals surface area contributed by atoms with Crippen molar-refractivity contribution in [3.63, 3.8) is 0 Å². The summed E-state index contributed by atoms with van der Waals surface area (Å²) in [5.74, 6) is 0.904. The Hall–Kier alpha value is -0.0800. The first-order valence-electron chi connectivity index (χ1n) is 6.03. The van der Waals surface area contributed by atoms with Crippen molar-refractivity contribution in [2.45, 2.75) is 58.0 Å². The average Bonchev–Trinajstić information content (AvgIpc) is 2.69. The fourth-order valence-corrected chi connectivity index (χ4v) is 2.45. The predicted octanol–water partition coefficient (Wildman–Crippen LogP) is 2.58. The summed E-state index contributed by atoms with van der Waals surface area (Å²) in [5.41, 5.74) is 0. The largest absolute Gasteiger partial charge is 0.383 e. The van der Waals surface area contributed by atoms with Crippen molar-refractivity contribution in [1.82, 2.24) is 5.32 Å². The van der Waals surface area contributed by atoms with E-state index in [1.165, 1.54) is 25.7 Å². The molecule has 0 aromatic heterocycles. The van der Waals surface area contributed by atoms with Gasteiger partial charge in [-0.15, -0.1) is 0 Å².